The fraction of sp³-hybridized carbons (Fsp3) is 0.273. The molecule has 0 fully saturated rings. The van der Waals surface area contributed by atoms with Crippen LogP contribution in [-0.2, 0) is 0 Å². The molecule has 0 spiro atoms. The van der Waals surface area contributed by atoms with Crippen LogP contribution < -0.4 is 4.90 Å². The van der Waals surface area contributed by atoms with E-state index < -0.39 is 0 Å². The average molecular weight is 333 g/mol. The average Bonchev–Trinajstić information content (AvgIpc) is 2.74. The van der Waals surface area contributed by atoms with Gasteiger partial charge in [-0.25, -0.2) is 0 Å². The Balaban J connectivity index is 2.22. The smallest absolute Gasteiger partial charge is 0.209 e. The van der Waals surface area contributed by atoms with E-state index in [0.29, 0.717) is 0 Å². The molecule has 0 saturated heterocycles. The zero-order valence-corrected chi connectivity index (χ0v) is 12.6. The Morgan fingerprint density at radius 1 is 1.41 bits per heavy atom. The van der Waals surface area contributed by atoms with E-state index >= 15 is 0 Å². The molecule has 1 aromatic heterocycles. The molecule has 0 aliphatic rings. The van der Waals surface area contributed by atoms with E-state index in [1.165, 1.54) is 11.3 Å². The van der Waals surface area contributed by atoms with Crippen LogP contribution in [0.1, 0.15) is 18.5 Å². The molecule has 0 saturated carbocycles. The Kier molecular flexibility index (Phi) is 4.01. The molecule has 0 amide bonds. The van der Waals surface area contributed by atoms with Crippen LogP contribution in [0.4, 0.5) is 5.13 Å². The van der Waals surface area contributed by atoms with Gasteiger partial charge in [0.05, 0.1) is 6.04 Å². The minimum absolute atomic E-state index is 0.202. The predicted octanol–water partition coefficient (Wildman–Crippen LogP) is 4.15. The van der Waals surface area contributed by atoms with Crippen molar-refractivity contribution in [2.75, 3.05) is 11.9 Å². The van der Waals surface area contributed by atoms with Gasteiger partial charge in [-0.15, -0.1) is 10.2 Å². The molecule has 6 heteroatoms. The number of nitrogens with zero attached hydrogens (tertiary/aromatic N) is 3. The lowest BCUT2D eigenvalue weighted by Crippen LogP contribution is -2.21. The number of hydrogen-bond donors (Lipinski definition) is 0. The van der Waals surface area contributed by atoms with Gasteiger partial charge in [-0.3, -0.25) is 0 Å². The fourth-order valence-corrected chi connectivity index (χ4v) is 2.82. The minimum Gasteiger partial charge on any atom is -0.343 e. The Bertz CT molecular complexity index is 517. The van der Waals surface area contributed by atoms with Gasteiger partial charge in [0, 0.05) is 12.1 Å². The fourth-order valence-electron chi connectivity index (χ4n) is 1.50. The van der Waals surface area contributed by atoms with Gasteiger partial charge in [0.25, 0.3) is 0 Å². The van der Waals surface area contributed by atoms with Crippen LogP contribution >= 0.6 is 38.9 Å². The quantitative estimate of drug-likeness (QED) is 0.845. The van der Waals surface area contributed by atoms with E-state index in [9.17, 15) is 0 Å². The summed E-state index contributed by atoms with van der Waals surface area (Å²) >= 11 is 10.8. The van der Waals surface area contributed by atoms with Crippen molar-refractivity contribution >= 4 is 44.0 Å². The van der Waals surface area contributed by atoms with Gasteiger partial charge in [0.1, 0.15) is 0 Å². The van der Waals surface area contributed by atoms with E-state index in [-0.39, 0.29) is 6.04 Å². The lowest BCUT2D eigenvalue weighted by atomic mass is 10.1. The SMILES string of the molecule is CC(c1cccc(Cl)c1)N(C)c1nnc(Br)s1. The van der Waals surface area contributed by atoms with Gasteiger partial charge in [0.15, 0.2) is 3.92 Å². The zero-order chi connectivity index (χ0) is 12.4. The second-order valence-corrected chi connectivity index (χ2v) is 6.35. The number of benzene rings is 1. The van der Waals surface area contributed by atoms with Crippen molar-refractivity contribution < 1.29 is 0 Å². The Hall–Kier alpha value is -0.650. The molecule has 17 heavy (non-hydrogen) atoms. The first-order chi connectivity index (χ1) is 8.08. The summed E-state index contributed by atoms with van der Waals surface area (Å²) in [5.41, 5.74) is 1.16. The van der Waals surface area contributed by atoms with Crippen LogP contribution in [-0.4, -0.2) is 17.2 Å². The van der Waals surface area contributed by atoms with Crippen molar-refractivity contribution in [3.8, 4) is 0 Å². The van der Waals surface area contributed by atoms with Gasteiger partial charge < -0.3 is 4.90 Å². The molecule has 0 radical (unpaired) electrons. The standard InChI is InChI=1S/C11H11BrClN3S/c1-7(8-4-3-5-9(13)6-8)16(2)11-15-14-10(12)17-11/h3-7H,1-2H3. The number of hydrogen-bond acceptors (Lipinski definition) is 4. The highest BCUT2D eigenvalue weighted by Gasteiger charge is 2.16. The highest BCUT2D eigenvalue weighted by Crippen LogP contribution is 2.30. The van der Waals surface area contributed by atoms with Gasteiger partial charge in [0.2, 0.25) is 5.13 Å². The summed E-state index contributed by atoms with van der Waals surface area (Å²) in [6, 6.07) is 8.06. The van der Waals surface area contributed by atoms with Gasteiger partial charge >= 0.3 is 0 Å². The molecule has 0 N–H and O–H groups in total. The summed E-state index contributed by atoms with van der Waals surface area (Å²) in [5.74, 6) is 0. The van der Waals surface area contributed by atoms with Crippen LogP contribution in [0.15, 0.2) is 28.2 Å². The lowest BCUT2D eigenvalue weighted by Gasteiger charge is -2.24. The molecular weight excluding hydrogens is 322 g/mol. The van der Waals surface area contributed by atoms with E-state index in [2.05, 4.69) is 44.0 Å². The first-order valence-corrected chi connectivity index (χ1v) is 7.04. The monoisotopic (exact) mass is 331 g/mol. The summed E-state index contributed by atoms with van der Waals surface area (Å²) in [4.78, 5) is 2.08. The molecule has 0 aliphatic heterocycles. The number of aromatic nitrogens is 2. The van der Waals surface area contributed by atoms with Crippen molar-refractivity contribution in [3.63, 3.8) is 0 Å². The number of halogens is 2. The van der Waals surface area contributed by atoms with Crippen molar-refractivity contribution in [2.24, 2.45) is 0 Å². The lowest BCUT2D eigenvalue weighted by molar-refractivity contribution is 0.731. The zero-order valence-electron chi connectivity index (χ0n) is 9.39. The third-order valence-electron chi connectivity index (χ3n) is 2.60. The number of anilines is 1. The normalized spacial score (nSPS) is 12.5. The third-order valence-corrected chi connectivity index (χ3v) is 4.29. The maximum atomic E-state index is 5.99. The second-order valence-electron chi connectivity index (χ2n) is 3.68. The van der Waals surface area contributed by atoms with Crippen molar-refractivity contribution in [3.05, 3.63) is 38.8 Å². The Morgan fingerprint density at radius 2 is 2.18 bits per heavy atom. The van der Waals surface area contributed by atoms with Crippen molar-refractivity contribution in [2.45, 2.75) is 13.0 Å². The maximum Gasteiger partial charge on any atom is 0.209 e. The second kappa shape index (κ2) is 5.33. The Labute approximate surface area is 118 Å². The van der Waals surface area contributed by atoms with Gasteiger partial charge in [-0.2, -0.15) is 0 Å². The molecule has 3 nitrogen and oxygen atoms in total. The van der Waals surface area contributed by atoms with Crippen LogP contribution in [0.2, 0.25) is 5.02 Å². The highest BCUT2D eigenvalue weighted by atomic mass is 79.9. The maximum absolute atomic E-state index is 5.99. The van der Waals surface area contributed by atoms with E-state index in [1.54, 1.807) is 0 Å². The van der Waals surface area contributed by atoms with Crippen LogP contribution in [0.5, 0.6) is 0 Å². The molecule has 0 aliphatic carbocycles. The highest BCUT2D eigenvalue weighted by molar-refractivity contribution is 9.11. The molecule has 2 rings (SSSR count). The molecule has 1 atom stereocenters. The largest absolute Gasteiger partial charge is 0.343 e. The van der Waals surface area contributed by atoms with Crippen molar-refractivity contribution in [1.29, 1.82) is 0 Å². The van der Waals surface area contributed by atoms with Crippen LogP contribution in [0.3, 0.4) is 0 Å². The molecule has 1 heterocycles. The van der Waals surface area contributed by atoms with E-state index in [4.69, 9.17) is 11.6 Å². The van der Waals surface area contributed by atoms with Crippen LogP contribution in [0, 0.1) is 0 Å². The summed E-state index contributed by atoms with van der Waals surface area (Å²) in [7, 11) is 2.00. The number of rotatable bonds is 3. The molecule has 0 bridgehead atoms. The molecule has 1 aromatic carbocycles. The predicted molar refractivity (Wildman–Crippen MR) is 75.9 cm³/mol. The van der Waals surface area contributed by atoms with E-state index in [0.717, 1.165) is 19.6 Å². The van der Waals surface area contributed by atoms with Gasteiger partial charge in [-0.05, 0) is 40.5 Å². The van der Waals surface area contributed by atoms with Crippen molar-refractivity contribution in [1.82, 2.24) is 10.2 Å². The minimum atomic E-state index is 0.202. The topological polar surface area (TPSA) is 29.0 Å². The first kappa shape index (κ1) is 12.8. The molecule has 1 unspecified atom stereocenters. The Morgan fingerprint density at radius 3 is 2.76 bits per heavy atom. The van der Waals surface area contributed by atoms with E-state index in [1.807, 2.05) is 25.2 Å². The van der Waals surface area contributed by atoms with Crippen LogP contribution in [0.25, 0.3) is 0 Å². The first-order valence-electron chi connectivity index (χ1n) is 5.05. The van der Waals surface area contributed by atoms with Gasteiger partial charge in [-0.1, -0.05) is 35.1 Å². The summed E-state index contributed by atoms with van der Waals surface area (Å²) < 4.78 is 0.789. The molecule has 2 aromatic rings. The summed E-state index contributed by atoms with van der Waals surface area (Å²) in [5, 5.41) is 9.68. The summed E-state index contributed by atoms with van der Waals surface area (Å²) in [6.07, 6.45) is 0. The molecular formula is C11H11BrClN3S. The summed E-state index contributed by atoms with van der Waals surface area (Å²) in [6.45, 7) is 2.11. The molecule has 90 valence electrons. The third kappa shape index (κ3) is 2.97.